The predicted octanol–water partition coefficient (Wildman–Crippen LogP) is 7.31. The van der Waals surface area contributed by atoms with Gasteiger partial charge in [-0.05, 0) is 58.0 Å². The largest absolute Gasteiger partial charge is 0.444 e. The van der Waals surface area contributed by atoms with Crippen LogP contribution in [0.25, 0.3) is 27.7 Å². The normalized spacial score (nSPS) is 16.1. The first-order valence-corrected chi connectivity index (χ1v) is 14.0. The molecule has 0 N–H and O–H groups in total. The molecule has 1 amide bonds. The van der Waals surface area contributed by atoms with Crippen LogP contribution in [0.5, 0.6) is 0 Å². The quantitative estimate of drug-likeness (QED) is 0.226. The van der Waals surface area contributed by atoms with Crippen LogP contribution in [-0.2, 0) is 10.9 Å². The molecule has 43 heavy (non-hydrogen) atoms. The van der Waals surface area contributed by atoms with Crippen LogP contribution in [0.2, 0.25) is 5.02 Å². The van der Waals surface area contributed by atoms with E-state index >= 15 is 0 Å². The van der Waals surface area contributed by atoms with Crippen LogP contribution < -0.4 is 10.6 Å². The van der Waals surface area contributed by atoms with E-state index in [2.05, 4.69) is 4.98 Å². The molecule has 5 rings (SSSR count). The number of anilines is 1. The summed E-state index contributed by atoms with van der Waals surface area (Å²) in [5.74, 6) is -0.395. The fourth-order valence-corrected chi connectivity index (χ4v) is 5.51. The van der Waals surface area contributed by atoms with Gasteiger partial charge in [-0.1, -0.05) is 41.9 Å². The van der Waals surface area contributed by atoms with Crippen molar-refractivity contribution in [3.05, 3.63) is 87.6 Å². The third-order valence-electron chi connectivity index (χ3n) is 7.13. The fourth-order valence-electron chi connectivity index (χ4n) is 5.24. The van der Waals surface area contributed by atoms with Crippen molar-refractivity contribution < 1.29 is 27.1 Å². The van der Waals surface area contributed by atoms with Crippen LogP contribution in [-0.4, -0.2) is 51.8 Å². The number of ether oxygens (including phenoxy) is 1. The summed E-state index contributed by atoms with van der Waals surface area (Å²) in [5.41, 5.74) is -2.71. The average molecular weight is 617 g/mol. The highest BCUT2D eigenvalue weighted by atomic mass is 35.5. The van der Waals surface area contributed by atoms with Crippen LogP contribution >= 0.6 is 11.6 Å². The molecule has 2 heterocycles. The number of aromatic nitrogens is 2. The number of fused-ring (bicyclic) bond motifs is 1. The summed E-state index contributed by atoms with van der Waals surface area (Å²) < 4.78 is 63.5. The van der Waals surface area contributed by atoms with Crippen LogP contribution in [0.15, 0.2) is 65.5 Å². The highest BCUT2D eigenvalue weighted by Gasteiger charge is 2.36. The van der Waals surface area contributed by atoms with Crippen molar-refractivity contribution in [3.8, 4) is 16.8 Å². The molecule has 12 heteroatoms. The maximum Gasteiger partial charge on any atom is 0.418 e. The maximum atomic E-state index is 14.9. The molecule has 1 aromatic heterocycles. The topological polar surface area (TPSA) is 67.7 Å². The fraction of sp³-hybridized carbons (Fsp3) is 0.323. The molecule has 226 valence electrons. The van der Waals surface area contributed by atoms with Crippen LogP contribution in [0.3, 0.4) is 0 Å². The summed E-state index contributed by atoms with van der Waals surface area (Å²) in [6.45, 7) is 7.91. The summed E-state index contributed by atoms with van der Waals surface area (Å²) in [6, 6.07) is 13.1. The molecule has 0 unspecified atom stereocenters. The first kappa shape index (κ1) is 30.3. The van der Waals surface area contributed by atoms with E-state index in [1.165, 1.54) is 48.5 Å². The van der Waals surface area contributed by atoms with E-state index in [9.17, 15) is 27.2 Å². The van der Waals surface area contributed by atoms with Gasteiger partial charge in [0.05, 0.1) is 16.8 Å². The predicted molar refractivity (Wildman–Crippen MR) is 157 cm³/mol. The first-order chi connectivity index (χ1) is 20.2. The third kappa shape index (κ3) is 6.04. The standard InChI is InChI=1S/C31H29ClF4N4O3/c1-18-17-38(29(42)43-30(2,3)4)13-14-39(18)27-21-15-23(32)20(19-9-5-7-11-24(19)33)16-26(21)40(28(41)37-27)25-12-8-6-10-22(25)31(34,35)36/h5-12,15-16,18H,13-14,17H2,1-4H3/t18-/m0/s1. The number of halogens is 5. The van der Waals surface area contributed by atoms with Gasteiger partial charge in [-0.3, -0.25) is 4.57 Å². The van der Waals surface area contributed by atoms with E-state index in [1.807, 2.05) is 11.8 Å². The lowest BCUT2D eigenvalue weighted by molar-refractivity contribution is -0.137. The molecule has 1 aliphatic rings. The maximum absolute atomic E-state index is 14.9. The molecule has 7 nitrogen and oxygen atoms in total. The van der Waals surface area contributed by atoms with Crippen molar-refractivity contribution in [3.63, 3.8) is 0 Å². The van der Waals surface area contributed by atoms with E-state index in [0.29, 0.717) is 5.39 Å². The second-order valence-electron chi connectivity index (χ2n) is 11.4. The molecule has 0 radical (unpaired) electrons. The van der Waals surface area contributed by atoms with Crippen molar-refractivity contribution in [1.29, 1.82) is 0 Å². The second kappa shape index (κ2) is 11.2. The van der Waals surface area contributed by atoms with Crippen molar-refractivity contribution in [2.75, 3.05) is 24.5 Å². The Balaban J connectivity index is 1.71. The zero-order valence-corrected chi connectivity index (χ0v) is 24.6. The van der Waals surface area contributed by atoms with E-state index in [0.717, 1.165) is 10.6 Å². The van der Waals surface area contributed by atoms with E-state index < -0.39 is 40.6 Å². The Morgan fingerprint density at radius 1 is 1.00 bits per heavy atom. The lowest BCUT2D eigenvalue weighted by Gasteiger charge is -2.41. The lowest BCUT2D eigenvalue weighted by atomic mass is 10.0. The van der Waals surface area contributed by atoms with E-state index in [4.69, 9.17) is 16.3 Å². The first-order valence-electron chi connectivity index (χ1n) is 13.6. The van der Waals surface area contributed by atoms with Gasteiger partial charge in [-0.25, -0.2) is 14.0 Å². The highest BCUT2D eigenvalue weighted by molar-refractivity contribution is 6.34. The molecular weight excluding hydrogens is 588 g/mol. The molecule has 0 saturated carbocycles. The zero-order chi connectivity index (χ0) is 31.3. The highest BCUT2D eigenvalue weighted by Crippen LogP contribution is 2.39. The number of hydrogen-bond donors (Lipinski definition) is 0. The number of amides is 1. The van der Waals surface area contributed by atoms with Crippen molar-refractivity contribution >= 4 is 34.4 Å². The SMILES string of the molecule is C[C@H]1CN(C(=O)OC(C)(C)C)CCN1c1nc(=O)n(-c2ccccc2C(F)(F)F)c2cc(-c3ccccc3F)c(Cl)cc12. The Labute approximate surface area is 250 Å². The van der Waals surface area contributed by atoms with Gasteiger partial charge in [0.1, 0.15) is 17.2 Å². The van der Waals surface area contributed by atoms with Crippen LogP contribution in [0.1, 0.15) is 33.3 Å². The van der Waals surface area contributed by atoms with Gasteiger partial charge in [0.15, 0.2) is 0 Å². The van der Waals surface area contributed by atoms with Crippen molar-refractivity contribution in [2.24, 2.45) is 0 Å². The van der Waals surface area contributed by atoms with Gasteiger partial charge in [0.25, 0.3) is 0 Å². The number of carbonyl (C=O) groups is 1. The lowest BCUT2D eigenvalue weighted by Crippen LogP contribution is -2.55. The minimum atomic E-state index is -4.77. The molecule has 1 saturated heterocycles. The molecule has 3 aromatic carbocycles. The van der Waals surface area contributed by atoms with Gasteiger partial charge in [-0.2, -0.15) is 18.2 Å². The van der Waals surface area contributed by atoms with E-state index in [-0.39, 0.29) is 53.2 Å². The minimum Gasteiger partial charge on any atom is -0.444 e. The number of piperazine rings is 1. The molecule has 0 bridgehead atoms. The van der Waals surface area contributed by atoms with Gasteiger partial charge in [-0.15, -0.1) is 0 Å². The molecule has 1 aliphatic heterocycles. The molecule has 1 atom stereocenters. The summed E-state index contributed by atoms with van der Waals surface area (Å²) >= 11 is 6.68. The van der Waals surface area contributed by atoms with Crippen LogP contribution in [0.4, 0.5) is 28.2 Å². The number of nitrogens with zero attached hydrogens (tertiary/aromatic N) is 4. The Kier molecular flexibility index (Phi) is 7.89. The van der Waals surface area contributed by atoms with Gasteiger partial charge >= 0.3 is 18.0 Å². The second-order valence-corrected chi connectivity index (χ2v) is 11.8. The number of hydrogen-bond acceptors (Lipinski definition) is 5. The minimum absolute atomic E-state index is 0.0659. The number of benzene rings is 3. The summed E-state index contributed by atoms with van der Waals surface area (Å²) in [6.07, 6.45) is -5.25. The molecule has 1 fully saturated rings. The van der Waals surface area contributed by atoms with Gasteiger partial charge in [0, 0.05) is 47.2 Å². The van der Waals surface area contributed by atoms with Crippen LogP contribution in [0, 0.1) is 5.82 Å². The Morgan fingerprint density at radius 2 is 1.67 bits per heavy atom. The molecule has 4 aromatic rings. The summed E-state index contributed by atoms with van der Waals surface area (Å²) in [7, 11) is 0. The number of alkyl halides is 3. The smallest absolute Gasteiger partial charge is 0.418 e. The van der Waals surface area contributed by atoms with Crippen molar-refractivity contribution in [2.45, 2.75) is 45.5 Å². The van der Waals surface area contributed by atoms with Gasteiger partial charge < -0.3 is 14.5 Å². The number of carbonyl (C=O) groups excluding carboxylic acids is 1. The molecule has 0 aliphatic carbocycles. The molecule has 0 spiro atoms. The zero-order valence-electron chi connectivity index (χ0n) is 23.9. The van der Waals surface area contributed by atoms with Gasteiger partial charge in [0.2, 0.25) is 0 Å². The summed E-state index contributed by atoms with van der Waals surface area (Å²) in [5, 5.41) is 0.411. The van der Waals surface area contributed by atoms with Crippen molar-refractivity contribution in [1.82, 2.24) is 14.5 Å². The molecular formula is C31H29ClF4N4O3. The Morgan fingerprint density at radius 3 is 2.33 bits per heavy atom. The third-order valence-corrected chi connectivity index (χ3v) is 7.44. The Hall–Kier alpha value is -4.12. The number of rotatable bonds is 3. The number of para-hydroxylation sites is 1. The summed E-state index contributed by atoms with van der Waals surface area (Å²) in [4.78, 5) is 34.0. The monoisotopic (exact) mass is 616 g/mol. The van der Waals surface area contributed by atoms with E-state index in [1.54, 1.807) is 31.7 Å². The average Bonchev–Trinajstić information content (AvgIpc) is 2.92. The Bertz CT molecular complexity index is 1770.